The Labute approximate surface area is 71.7 Å². The van der Waals surface area contributed by atoms with Gasteiger partial charge < -0.3 is 5.14 Å². The van der Waals surface area contributed by atoms with Crippen molar-refractivity contribution in [2.24, 2.45) is 0 Å². The van der Waals surface area contributed by atoms with Gasteiger partial charge in [0, 0.05) is 0 Å². The molecule has 0 radical (unpaired) electrons. The monoisotopic (exact) mass is 171 g/mol. The second-order valence-electron chi connectivity index (χ2n) is 0.949. The molecule has 1 N–H and O–H groups in total. The number of alkyl halides is 3. The van der Waals surface area contributed by atoms with Crippen LogP contribution in [0.2, 0.25) is 0 Å². The van der Waals surface area contributed by atoms with Crippen molar-refractivity contribution in [1.29, 1.82) is 0 Å². The molecule has 9 heavy (non-hydrogen) atoms. The molecule has 0 atom stereocenters. The van der Waals surface area contributed by atoms with E-state index in [9.17, 15) is 21.6 Å². The first-order valence-corrected chi connectivity index (χ1v) is 2.79. The predicted octanol–water partition coefficient (Wildman–Crippen LogP) is -2.11. The van der Waals surface area contributed by atoms with Crippen molar-refractivity contribution in [3.8, 4) is 0 Å². The second kappa shape index (κ2) is 3.20. The average molecular weight is 171 g/mol. The Morgan fingerprint density at radius 2 is 1.33 bits per heavy atom. The topological polar surface area (TPSA) is 57.9 Å². The number of hydrogen-bond acceptors (Lipinski definition) is 2. The van der Waals surface area contributed by atoms with Crippen LogP contribution in [0.15, 0.2) is 0 Å². The maximum Gasteiger partial charge on any atom is 1.00 e. The molecular formula is CHF3NNaO2S. The van der Waals surface area contributed by atoms with Crippen molar-refractivity contribution < 1.29 is 51.1 Å². The van der Waals surface area contributed by atoms with E-state index in [1.54, 1.807) is 0 Å². The molecule has 50 valence electrons. The first-order chi connectivity index (χ1) is 3.25. The van der Waals surface area contributed by atoms with Crippen molar-refractivity contribution in [3.63, 3.8) is 0 Å². The van der Waals surface area contributed by atoms with Crippen LogP contribution in [-0.4, -0.2) is 13.9 Å². The van der Waals surface area contributed by atoms with Gasteiger partial charge in [0.1, 0.15) is 0 Å². The van der Waals surface area contributed by atoms with E-state index in [-0.39, 0.29) is 29.6 Å². The normalized spacial score (nSPS) is 12.4. The van der Waals surface area contributed by atoms with E-state index < -0.39 is 15.5 Å². The van der Waals surface area contributed by atoms with Crippen LogP contribution in [0.25, 0.3) is 5.14 Å². The van der Waals surface area contributed by atoms with E-state index in [1.165, 1.54) is 0 Å². The standard InChI is InChI=1S/CHF3NO2S.Na/c2-1(3,4)8(5,6)7;/h(H-,5,6,7);/q-1;+1. The van der Waals surface area contributed by atoms with Gasteiger partial charge in [-0.3, -0.25) is 0 Å². The maximum absolute atomic E-state index is 10.8. The zero-order chi connectivity index (χ0) is 7.00. The fraction of sp³-hybridized carbons (Fsp3) is 1.00. The van der Waals surface area contributed by atoms with Gasteiger partial charge in [-0.05, 0) is 0 Å². The van der Waals surface area contributed by atoms with Crippen LogP contribution < -0.4 is 29.6 Å². The fourth-order valence-electron chi connectivity index (χ4n) is 0. The Morgan fingerprint density at radius 1 is 1.22 bits per heavy atom. The van der Waals surface area contributed by atoms with Crippen LogP contribution >= 0.6 is 0 Å². The van der Waals surface area contributed by atoms with Crippen molar-refractivity contribution in [2.45, 2.75) is 5.51 Å². The maximum atomic E-state index is 10.8. The van der Waals surface area contributed by atoms with E-state index in [1.807, 2.05) is 0 Å². The first-order valence-electron chi connectivity index (χ1n) is 1.31. The van der Waals surface area contributed by atoms with Crippen molar-refractivity contribution in [2.75, 3.05) is 0 Å². The number of halogens is 3. The van der Waals surface area contributed by atoms with Gasteiger partial charge in [-0.1, -0.05) is 0 Å². The summed E-state index contributed by atoms with van der Waals surface area (Å²) in [6, 6.07) is 0. The van der Waals surface area contributed by atoms with Crippen LogP contribution in [0.4, 0.5) is 13.2 Å². The molecule has 0 bridgehead atoms. The second-order valence-corrected chi connectivity index (χ2v) is 2.42. The molecule has 0 aromatic heterocycles. The Morgan fingerprint density at radius 3 is 1.33 bits per heavy atom. The zero-order valence-corrected chi connectivity index (χ0v) is 7.18. The van der Waals surface area contributed by atoms with E-state index in [0.717, 1.165) is 0 Å². The quantitative estimate of drug-likeness (QED) is 0.392. The third-order valence-electron chi connectivity index (χ3n) is 0.305. The molecule has 0 aromatic rings. The van der Waals surface area contributed by atoms with Crippen LogP contribution in [0, 0.1) is 0 Å². The molecule has 0 aromatic carbocycles. The molecule has 0 unspecified atom stereocenters. The van der Waals surface area contributed by atoms with Gasteiger partial charge in [0.05, 0.1) is 0 Å². The van der Waals surface area contributed by atoms with Gasteiger partial charge in [-0.2, -0.15) is 13.2 Å². The van der Waals surface area contributed by atoms with Crippen LogP contribution in [0.1, 0.15) is 0 Å². The van der Waals surface area contributed by atoms with Crippen molar-refractivity contribution >= 4 is 10.0 Å². The van der Waals surface area contributed by atoms with Crippen molar-refractivity contribution in [3.05, 3.63) is 5.14 Å². The molecule has 0 rings (SSSR count). The first kappa shape index (κ1) is 12.4. The predicted molar refractivity (Wildman–Crippen MR) is 19.3 cm³/mol. The minimum absolute atomic E-state index is 0. The number of sulfonamides is 1. The van der Waals surface area contributed by atoms with Crippen LogP contribution in [-0.2, 0) is 10.0 Å². The Kier molecular flexibility index (Phi) is 4.40. The van der Waals surface area contributed by atoms with Gasteiger partial charge in [-0.25, -0.2) is 8.42 Å². The number of hydrogen-bond donors (Lipinski definition) is 0. The summed E-state index contributed by atoms with van der Waals surface area (Å²) < 4.78 is 50.8. The van der Waals surface area contributed by atoms with Crippen LogP contribution in [0.3, 0.4) is 0 Å². The molecule has 0 spiro atoms. The van der Waals surface area contributed by atoms with Gasteiger partial charge >= 0.3 is 35.1 Å². The molecule has 0 saturated carbocycles. The molecule has 8 heteroatoms. The summed E-state index contributed by atoms with van der Waals surface area (Å²) in [5.41, 5.74) is -5.42. The molecular weight excluding hydrogens is 170 g/mol. The summed E-state index contributed by atoms with van der Waals surface area (Å²) in [6.07, 6.45) is 0. The zero-order valence-electron chi connectivity index (χ0n) is 4.36. The van der Waals surface area contributed by atoms with E-state index in [4.69, 9.17) is 5.14 Å². The Bertz CT molecular complexity index is 171. The summed E-state index contributed by atoms with van der Waals surface area (Å²) in [5.74, 6) is 0. The van der Waals surface area contributed by atoms with Gasteiger partial charge in [0.15, 0.2) is 10.0 Å². The number of nitrogens with one attached hydrogen (secondary N) is 1. The summed E-state index contributed by atoms with van der Waals surface area (Å²) in [6.45, 7) is 0. The van der Waals surface area contributed by atoms with E-state index in [0.29, 0.717) is 0 Å². The van der Waals surface area contributed by atoms with E-state index in [2.05, 4.69) is 0 Å². The number of rotatable bonds is 0. The molecule has 0 aliphatic heterocycles. The third kappa shape index (κ3) is 4.15. The molecule has 0 heterocycles. The van der Waals surface area contributed by atoms with Gasteiger partial charge in [0.2, 0.25) is 0 Å². The summed E-state index contributed by atoms with van der Waals surface area (Å²) in [7, 11) is -5.59. The molecule has 0 saturated heterocycles. The molecule has 0 aliphatic carbocycles. The van der Waals surface area contributed by atoms with Crippen LogP contribution in [0.5, 0.6) is 0 Å². The summed E-state index contributed by atoms with van der Waals surface area (Å²) in [4.78, 5) is 0. The smallest absolute Gasteiger partial charge is 0.556 e. The minimum Gasteiger partial charge on any atom is -0.556 e. The molecule has 0 amide bonds. The fourth-order valence-corrected chi connectivity index (χ4v) is 0. The van der Waals surface area contributed by atoms with Crippen molar-refractivity contribution in [1.82, 2.24) is 0 Å². The third-order valence-corrected chi connectivity index (χ3v) is 0.914. The summed E-state index contributed by atoms with van der Waals surface area (Å²) >= 11 is 0. The molecule has 0 fully saturated rings. The SMILES string of the molecule is [NH-]S(=O)(=O)C(F)(F)F.[Na+]. The summed E-state index contributed by atoms with van der Waals surface area (Å²) in [5, 5.41) is 5.43. The minimum atomic E-state index is -5.59. The molecule has 0 aliphatic rings. The van der Waals surface area contributed by atoms with Gasteiger partial charge in [0.25, 0.3) is 0 Å². The van der Waals surface area contributed by atoms with Gasteiger partial charge in [-0.15, -0.1) is 0 Å². The Balaban J connectivity index is 0. The average Bonchev–Trinajstić information content (AvgIpc) is 1.25. The largest absolute Gasteiger partial charge is 1.00 e. The Hall–Kier alpha value is 0.700. The van der Waals surface area contributed by atoms with E-state index >= 15 is 0 Å². The molecule has 3 nitrogen and oxygen atoms in total.